The third kappa shape index (κ3) is 34.8. The van der Waals surface area contributed by atoms with Gasteiger partial charge in [0.1, 0.15) is 75.9 Å². The second-order valence-electron chi connectivity index (χ2n) is 37.3. The molecular formula is C102H133F3N14O29Si2. The molecule has 814 valence electrons. The first-order chi connectivity index (χ1) is 69.9. The van der Waals surface area contributed by atoms with E-state index in [0.29, 0.717) is 6.42 Å². The summed E-state index contributed by atoms with van der Waals surface area (Å²) in [6.07, 6.45) is 1.22. The molecule has 3 aliphatic heterocycles. The summed E-state index contributed by atoms with van der Waals surface area (Å²) < 4.78 is 69.6. The first-order valence-electron chi connectivity index (χ1n) is 48.2. The van der Waals surface area contributed by atoms with Crippen LogP contribution in [0.3, 0.4) is 0 Å². The lowest BCUT2D eigenvalue weighted by Gasteiger charge is -2.40. The maximum absolute atomic E-state index is 14.2. The van der Waals surface area contributed by atoms with Crippen LogP contribution in [0.2, 0.25) is 36.3 Å². The van der Waals surface area contributed by atoms with Crippen molar-refractivity contribution in [3.05, 3.63) is 321 Å². The van der Waals surface area contributed by atoms with Gasteiger partial charge in [-0.3, -0.25) is 88.8 Å². The van der Waals surface area contributed by atoms with E-state index in [1.807, 2.05) is 0 Å². The topological polar surface area (TPSA) is 536 Å². The lowest BCUT2D eigenvalue weighted by molar-refractivity contribution is -0.894. The number of carbonyl (C=O) groups is 2. The number of nitrogens with one attached hydrogen (secondary N) is 3. The van der Waals surface area contributed by atoms with Gasteiger partial charge in [0.25, 0.3) is 45.9 Å². The minimum absolute atomic E-state index is 0. The second kappa shape index (κ2) is 58.5. The Morgan fingerprint density at radius 2 is 0.740 bits per heavy atom. The highest BCUT2D eigenvalue weighted by Gasteiger charge is 2.48. The number of benzene rings is 8. The van der Waals surface area contributed by atoms with Gasteiger partial charge in [0.2, 0.25) is 11.5 Å². The predicted molar refractivity (Wildman–Crippen MR) is 557 cm³/mol. The van der Waals surface area contributed by atoms with Crippen LogP contribution in [0.5, 0.6) is 34.5 Å². The molecule has 10 aromatic rings. The van der Waals surface area contributed by atoms with Gasteiger partial charge in [0, 0.05) is 86.0 Å². The molecule has 6 atom stereocenters. The molecule has 8 aromatic carbocycles. The van der Waals surface area contributed by atoms with Crippen molar-refractivity contribution in [1.82, 2.24) is 24.0 Å². The molecule has 0 bridgehead atoms. The van der Waals surface area contributed by atoms with Crippen molar-refractivity contribution in [3.8, 4) is 34.5 Å². The minimum atomic E-state index is -2.30. The Kier molecular flexibility index (Phi) is 48.4. The lowest BCUT2D eigenvalue weighted by Crippen LogP contribution is -3.11. The molecule has 2 unspecified atom stereocenters. The molecule has 2 aromatic heterocycles. The molecule has 150 heavy (non-hydrogen) atoms. The molecular weight excluding hydrogens is 2000 g/mol. The quantitative estimate of drug-likeness (QED) is 0.0135. The Bertz CT molecular complexity index is 6110. The van der Waals surface area contributed by atoms with E-state index in [0.717, 1.165) is 17.8 Å². The van der Waals surface area contributed by atoms with Crippen molar-refractivity contribution >= 4 is 74.2 Å². The molecule has 0 saturated carbocycles. The van der Waals surface area contributed by atoms with Gasteiger partial charge in [-0.25, -0.2) is 9.59 Å². The zero-order valence-corrected chi connectivity index (χ0v) is 88.6. The third-order valence-electron chi connectivity index (χ3n) is 25.6. The highest BCUT2D eigenvalue weighted by Crippen LogP contribution is 2.47. The molecule has 5 heterocycles. The molecule has 5 N–H and O–H groups in total. The number of amides is 2. The summed E-state index contributed by atoms with van der Waals surface area (Å²) in [5, 5.41) is 95.6. The van der Waals surface area contributed by atoms with Crippen molar-refractivity contribution in [2.24, 2.45) is 0 Å². The molecule has 13 rings (SSSR count). The Balaban J connectivity index is 0.000000387. The first-order valence-corrected chi connectivity index (χ1v) is 54.0. The van der Waals surface area contributed by atoms with Crippen LogP contribution >= 0.6 is 0 Å². The number of halogens is 3. The Hall–Kier alpha value is -14.5. The number of nitrogens with zero attached hydrogens (tertiary/aromatic N) is 11. The molecule has 48 heteroatoms. The average Bonchev–Trinajstić information content (AvgIpc) is 1.54. The van der Waals surface area contributed by atoms with Crippen LogP contribution < -0.4 is 60.0 Å². The molecule has 43 nitrogen and oxygen atoms in total. The summed E-state index contributed by atoms with van der Waals surface area (Å²) in [5.41, 5.74) is -2.57. The molecule has 3 saturated heterocycles. The summed E-state index contributed by atoms with van der Waals surface area (Å²) >= 11 is 0. The van der Waals surface area contributed by atoms with Gasteiger partial charge in [0.05, 0.1) is 108 Å². The number of para-hydroxylation sites is 6. The van der Waals surface area contributed by atoms with Crippen LogP contribution in [0.15, 0.2) is 204 Å². The Morgan fingerprint density at radius 1 is 0.453 bits per heavy atom. The Labute approximate surface area is 866 Å². The van der Waals surface area contributed by atoms with E-state index in [2.05, 4.69) is 135 Å². The summed E-state index contributed by atoms with van der Waals surface area (Å²) in [5.74, 6) is -3.17. The first kappa shape index (κ1) is 124. The zero-order chi connectivity index (χ0) is 108. The van der Waals surface area contributed by atoms with E-state index < -0.39 is 146 Å². The van der Waals surface area contributed by atoms with Crippen molar-refractivity contribution < 1.29 is 120 Å². The number of ether oxygens (including phenoxy) is 9. The lowest BCUT2D eigenvalue weighted by atomic mass is 10.1. The number of aromatic nitrogens is 4. The minimum Gasteiger partial charge on any atom is -1.00 e. The van der Waals surface area contributed by atoms with Gasteiger partial charge in [-0.05, 0) is 162 Å². The molecule has 3 fully saturated rings. The molecule has 3 aliphatic rings. The Morgan fingerprint density at radius 3 is 0.980 bits per heavy atom. The van der Waals surface area contributed by atoms with Gasteiger partial charge in [-0.15, -0.1) is 0 Å². The second-order valence-corrected chi connectivity index (χ2v) is 46.8. The highest BCUT2D eigenvalue weighted by molar-refractivity contribution is 6.74. The summed E-state index contributed by atoms with van der Waals surface area (Å²) in [7, 11) is -4.49. The normalized spacial score (nSPS) is 15.6. The van der Waals surface area contributed by atoms with Gasteiger partial charge < -0.3 is 86.8 Å². The average molecular weight is 2130 g/mol. The number of carbonyl (C=O) groups excluding carboxylic acids is 2. The number of aliphatic hydroxyl groups excluding tert-OH is 2. The molecule has 0 spiro atoms. The summed E-state index contributed by atoms with van der Waals surface area (Å²) in [6.45, 7) is 41.5. The van der Waals surface area contributed by atoms with Crippen LogP contribution in [0.25, 0.3) is 0 Å². The van der Waals surface area contributed by atoms with E-state index in [1.54, 1.807) is 41.3 Å². The smallest absolute Gasteiger partial charge is 0.351 e. The maximum Gasteiger partial charge on any atom is 0.351 e. The van der Waals surface area contributed by atoms with E-state index in [4.69, 9.17) is 51.5 Å². The number of aliphatic hydroxyl groups is 2. The van der Waals surface area contributed by atoms with E-state index in [1.165, 1.54) is 215 Å². The summed E-state index contributed by atoms with van der Waals surface area (Å²) in [4.78, 5) is 134. The largest absolute Gasteiger partial charge is 1.00 e. The fraction of sp³-hybridized carbons (Fsp3) is 0.431. The van der Waals surface area contributed by atoms with Gasteiger partial charge in [0.15, 0.2) is 39.6 Å². The van der Waals surface area contributed by atoms with E-state index in [9.17, 15) is 90.1 Å². The number of nitro benzene ring substituents is 6. The van der Waals surface area contributed by atoms with Crippen molar-refractivity contribution in [3.63, 3.8) is 0 Å². The van der Waals surface area contributed by atoms with Crippen LogP contribution in [0.1, 0.15) is 175 Å². The predicted octanol–water partition coefficient (Wildman–Crippen LogP) is 14.6. The van der Waals surface area contributed by atoms with Gasteiger partial charge in [-0.1, -0.05) is 135 Å². The zero-order valence-electron chi connectivity index (χ0n) is 86.6. The third-order valence-corrected chi connectivity index (χ3v) is 34.6. The van der Waals surface area contributed by atoms with E-state index in [-0.39, 0.29) is 168 Å². The maximum atomic E-state index is 14.2. The molecule has 0 aliphatic carbocycles. The number of hydrogen-bond acceptors (Lipinski definition) is 32. The fourth-order valence-electron chi connectivity index (χ4n) is 14.9. The monoisotopic (exact) mass is 2130 g/mol. The number of rotatable bonds is 42. The van der Waals surface area contributed by atoms with Gasteiger partial charge in [-0.2, -0.15) is 9.97 Å². The number of anilines is 2. The van der Waals surface area contributed by atoms with Gasteiger partial charge >= 0.3 is 11.4 Å². The van der Waals surface area contributed by atoms with Crippen molar-refractivity contribution in [1.29, 1.82) is 0 Å². The van der Waals surface area contributed by atoms with E-state index >= 15 is 0 Å². The van der Waals surface area contributed by atoms with Crippen LogP contribution in [0, 0.1) is 60.7 Å². The summed E-state index contributed by atoms with van der Waals surface area (Å²) in [6, 6.07) is 42.4. The SMILES string of the molecule is C1CCOC1.CC(C)(C)[Si](C)(C)OC[C@H]1O[C@@H](n2ccc(NC(=O)c3cc(OCc4ccccc4[N+](=O)[O-])c(OCc4ccccc4[N+](=O)[O-])c(OCc4ccccc4[N+](=O)[O-])c3)nc2=O)CC1O[Si](C)(C)C(C)(C)C.CCN(CC)CC.CC[NH+](CC)CC.F.F.O=C(Nc1ccn([C@H]2CC(O)[C@@H](CO)O2)c(=O)n1)c1cc(OCc2ccccc2[N+](=O)[O-])c(OCc2ccccc2[N+](=O)[O-])c(OCc2ccccc2[N+](=O)[O-])c1.[F-]. The molecule has 2 amide bonds. The number of quaternary nitrogens is 1. The van der Waals surface area contributed by atoms with Crippen LogP contribution in [0.4, 0.5) is 55.2 Å². The van der Waals surface area contributed by atoms with Crippen molar-refractivity contribution in [2.45, 2.75) is 222 Å². The molecule has 0 radical (unpaired) electrons. The highest BCUT2D eigenvalue weighted by atomic mass is 28.4. The van der Waals surface area contributed by atoms with Crippen molar-refractivity contribution in [2.75, 3.05) is 76.3 Å². The fourth-order valence-corrected chi connectivity index (χ4v) is 17.3. The number of nitro groups is 6. The standard InChI is InChI=1S/C49H60N6O14Si2.C37H32N6O14.2C6H15N.C4H8O.3FH/c1-48(2,3)70(7,8)67-31-42-39(69-71(9,10)49(4,5)6)27-44(68-42)52-24-23-43(51-47(52)57)50-46(56)35-25-40(64-28-32-17-11-14-20-36(32)53(58)59)45(66-30-34-19-13-16-22-38(34)55(62)63)41(26-35)65-29-33-18-12-15-21-37(33)54(60)61;44-18-32-29(45)17-34(57-32)40-14-13-33(39-37(40)47)38-36(46)25-15-30(54-19-22-7-1-4-10-26(22)41(48)49)35(56-21-24-9-3-6-12-28(24)43(52)53)31(16-25)55-20-23-8-2-5-11-27(23)42(50)51;2*1-4-7(5-2)6-3;1-2-4-5-3-1;;;/h11-26,39,42,44H,27-31H2,1-10H3,(H,50,51,56,57);1-16,29,32,34,44-45H,17-21H2,(H,38,39,46,47);2*4-6H2,1-3H3;1-4H2;3*1H/t39?,42-,44-;29?,32-,34-;;;;;;/m11....../s1. The number of hydrogen-bond donors (Lipinski definition) is 5. The van der Waals surface area contributed by atoms with Crippen LogP contribution in [-0.2, 0) is 62.7 Å². The van der Waals surface area contributed by atoms with Crippen LogP contribution in [-0.4, -0.2) is 182 Å².